The lowest BCUT2D eigenvalue weighted by atomic mass is 10.0. The first-order chi connectivity index (χ1) is 8.91. The molecule has 108 valence electrons. The predicted octanol–water partition coefficient (Wildman–Crippen LogP) is 3.09. The van der Waals surface area contributed by atoms with Gasteiger partial charge in [-0.1, -0.05) is 17.7 Å². The molecule has 0 spiro atoms. The highest BCUT2D eigenvalue weighted by molar-refractivity contribution is 6.31. The maximum Gasteiger partial charge on any atom is 0.0644 e. The van der Waals surface area contributed by atoms with Crippen LogP contribution < -0.4 is 10.6 Å². The van der Waals surface area contributed by atoms with E-state index in [0.717, 1.165) is 29.2 Å². The van der Waals surface area contributed by atoms with Gasteiger partial charge in [0.05, 0.1) is 12.7 Å². The molecule has 0 heterocycles. The van der Waals surface area contributed by atoms with E-state index in [1.807, 2.05) is 32.9 Å². The second kappa shape index (κ2) is 7.73. The summed E-state index contributed by atoms with van der Waals surface area (Å²) in [4.78, 5) is 2.17. The Bertz CT molecular complexity index is 394. The zero-order valence-electron chi connectivity index (χ0n) is 12.3. The van der Waals surface area contributed by atoms with Crippen molar-refractivity contribution >= 4 is 17.3 Å². The van der Waals surface area contributed by atoms with Crippen molar-refractivity contribution in [2.24, 2.45) is 5.73 Å². The fourth-order valence-corrected chi connectivity index (χ4v) is 2.22. The molecule has 0 radical (unpaired) electrons. The molecule has 0 bridgehead atoms. The van der Waals surface area contributed by atoms with Crippen LogP contribution in [-0.4, -0.2) is 32.3 Å². The van der Waals surface area contributed by atoms with E-state index in [9.17, 15) is 0 Å². The van der Waals surface area contributed by atoms with Crippen LogP contribution in [0.15, 0.2) is 18.2 Å². The van der Waals surface area contributed by atoms with Crippen molar-refractivity contribution < 1.29 is 4.74 Å². The van der Waals surface area contributed by atoms with Gasteiger partial charge in [-0.05, 0) is 44.9 Å². The average Bonchev–Trinajstić information content (AvgIpc) is 2.30. The molecule has 0 aliphatic carbocycles. The molecule has 0 fully saturated rings. The van der Waals surface area contributed by atoms with Crippen LogP contribution in [0.2, 0.25) is 5.02 Å². The summed E-state index contributed by atoms with van der Waals surface area (Å²) in [5.41, 5.74) is 8.15. The van der Waals surface area contributed by atoms with Gasteiger partial charge in [0.25, 0.3) is 0 Å². The van der Waals surface area contributed by atoms with E-state index in [-0.39, 0.29) is 12.1 Å². The number of nitrogens with two attached hydrogens (primary N) is 1. The molecule has 0 saturated carbocycles. The summed E-state index contributed by atoms with van der Waals surface area (Å²) in [5.74, 6) is 0. The Balaban J connectivity index is 2.77. The van der Waals surface area contributed by atoms with E-state index in [4.69, 9.17) is 22.1 Å². The van der Waals surface area contributed by atoms with Crippen LogP contribution in [0.1, 0.15) is 26.3 Å². The lowest BCUT2D eigenvalue weighted by molar-refractivity contribution is 0.0846. The molecule has 3 nitrogen and oxygen atoms in total. The second-order valence-electron chi connectivity index (χ2n) is 5.26. The average molecular weight is 285 g/mol. The summed E-state index contributed by atoms with van der Waals surface area (Å²) in [6, 6.07) is 6.07. The summed E-state index contributed by atoms with van der Waals surface area (Å²) in [5, 5.41) is 0.784. The molecule has 1 atom stereocenters. The zero-order valence-corrected chi connectivity index (χ0v) is 13.1. The third kappa shape index (κ3) is 5.39. The summed E-state index contributed by atoms with van der Waals surface area (Å²) < 4.78 is 5.59. The largest absolute Gasteiger partial charge is 0.377 e. The van der Waals surface area contributed by atoms with Gasteiger partial charge in [-0.2, -0.15) is 0 Å². The lowest BCUT2D eigenvalue weighted by Gasteiger charge is -2.24. The topological polar surface area (TPSA) is 38.5 Å². The summed E-state index contributed by atoms with van der Waals surface area (Å²) >= 11 is 6.29. The van der Waals surface area contributed by atoms with Crippen LogP contribution in [0, 0.1) is 0 Å². The number of rotatable bonds is 7. The molecule has 1 rings (SSSR count). The SMILES string of the molecule is CC(N)Cc1c(Cl)cccc1N(C)CCOC(C)C. The number of nitrogens with zero attached hydrogens (tertiary/aromatic N) is 1. The molecular weight excluding hydrogens is 260 g/mol. The van der Waals surface area contributed by atoms with Crippen molar-refractivity contribution in [3.05, 3.63) is 28.8 Å². The predicted molar refractivity (Wildman–Crippen MR) is 83.2 cm³/mol. The number of anilines is 1. The third-order valence-corrected chi connectivity index (χ3v) is 3.26. The van der Waals surface area contributed by atoms with Crippen molar-refractivity contribution in [1.29, 1.82) is 0 Å². The Morgan fingerprint density at radius 3 is 2.58 bits per heavy atom. The van der Waals surface area contributed by atoms with E-state index in [1.54, 1.807) is 0 Å². The maximum atomic E-state index is 6.29. The van der Waals surface area contributed by atoms with E-state index in [2.05, 4.69) is 18.0 Å². The van der Waals surface area contributed by atoms with Gasteiger partial charge in [0.1, 0.15) is 0 Å². The molecule has 1 aromatic carbocycles. The first-order valence-electron chi connectivity index (χ1n) is 6.77. The number of ether oxygens (including phenoxy) is 1. The molecule has 0 aliphatic heterocycles. The number of halogens is 1. The van der Waals surface area contributed by atoms with Gasteiger partial charge < -0.3 is 15.4 Å². The molecule has 19 heavy (non-hydrogen) atoms. The van der Waals surface area contributed by atoms with Gasteiger partial charge in [0.15, 0.2) is 0 Å². The van der Waals surface area contributed by atoms with Crippen LogP contribution >= 0.6 is 11.6 Å². The molecule has 2 N–H and O–H groups in total. The Labute approximate surface area is 121 Å². The van der Waals surface area contributed by atoms with Crippen molar-refractivity contribution in [1.82, 2.24) is 0 Å². The Kier molecular flexibility index (Phi) is 6.63. The van der Waals surface area contributed by atoms with E-state index >= 15 is 0 Å². The highest BCUT2D eigenvalue weighted by atomic mass is 35.5. The molecular formula is C15H25ClN2O. The number of hydrogen-bond acceptors (Lipinski definition) is 3. The maximum absolute atomic E-state index is 6.29. The van der Waals surface area contributed by atoms with Crippen LogP contribution in [-0.2, 0) is 11.2 Å². The Morgan fingerprint density at radius 2 is 2.00 bits per heavy atom. The third-order valence-electron chi connectivity index (χ3n) is 2.91. The van der Waals surface area contributed by atoms with Crippen molar-refractivity contribution in [3.63, 3.8) is 0 Å². The molecule has 4 heteroatoms. The van der Waals surface area contributed by atoms with Gasteiger partial charge in [-0.15, -0.1) is 0 Å². The van der Waals surface area contributed by atoms with Crippen LogP contribution in [0.3, 0.4) is 0 Å². The van der Waals surface area contributed by atoms with E-state index in [0.29, 0.717) is 6.61 Å². The van der Waals surface area contributed by atoms with Crippen molar-refractivity contribution in [3.8, 4) is 0 Å². The minimum absolute atomic E-state index is 0.0963. The van der Waals surface area contributed by atoms with Crippen molar-refractivity contribution in [2.45, 2.75) is 39.3 Å². The molecule has 0 aromatic heterocycles. The van der Waals surface area contributed by atoms with Gasteiger partial charge >= 0.3 is 0 Å². The summed E-state index contributed by atoms with van der Waals surface area (Å²) in [7, 11) is 2.06. The van der Waals surface area contributed by atoms with Crippen molar-refractivity contribution in [2.75, 3.05) is 25.1 Å². The number of hydrogen-bond donors (Lipinski definition) is 1. The molecule has 0 aliphatic rings. The van der Waals surface area contributed by atoms with E-state index < -0.39 is 0 Å². The Hall–Kier alpha value is -0.770. The Morgan fingerprint density at radius 1 is 1.32 bits per heavy atom. The summed E-state index contributed by atoms with van der Waals surface area (Å²) in [6.45, 7) is 7.62. The number of benzene rings is 1. The molecule has 1 unspecified atom stereocenters. The fourth-order valence-electron chi connectivity index (χ4n) is 1.97. The first-order valence-corrected chi connectivity index (χ1v) is 7.15. The minimum atomic E-state index is 0.0963. The van der Waals surface area contributed by atoms with Gasteiger partial charge in [-0.25, -0.2) is 0 Å². The van der Waals surface area contributed by atoms with Crippen LogP contribution in [0.4, 0.5) is 5.69 Å². The zero-order chi connectivity index (χ0) is 14.4. The summed E-state index contributed by atoms with van der Waals surface area (Å²) in [6.07, 6.45) is 1.04. The molecule has 0 saturated heterocycles. The van der Waals surface area contributed by atoms with Gasteiger partial charge in [-0.3, -0.25) is 0 Å². The van der Waals surface area contributed by atoms with E-state index in [1.165, 1.54) is 0 Å². The minimum Gasteiger partial charge on any atom is -0.377 e. The quantitative estimate of drug-likeness (QED) is 0.836. The normalized spacial score (nSPS) is 12.8. The van der Waals surface area contributed by atoms with Gasteiger partial charge in [0, 0.05) is 30.3 Å². The standard InChI is InChI=1S/C15H25ClN2O/c1-11(2)19-9-8-18(4)15-7-5-6-14(16)13(15)10-12(3)17/h5-7,11-12H,8-10,17H2,1-4H3. The smallest absolute Gasteiger partial charge is 0.0644 e. The van der Waals surface area contributed by atoms with Crippen LogP contribution in [0.5, 0.6) is 0 Å². The molecule has 1 aromatic rings. The highest BCUT2D eigenvalue weighted by Crippen LogP contribution is 2.27. The fraction of sp³-hybridized carbons (Fsp3) is 0.600. The lowest BCUT2D eigenvalue weighted by Crippen LogP contribution is -2.26. The second-order valence-corrected chi connectivity index (χ2v) is 5.67. The number of likely N-dealkylation sites (N-methyl/N-ethyl adjacent to an activating group) is 1. The highest BCUT2D eigenvalue weighted by Gasteiger charge is 2.12. The first kappa shape index (κ1) is 16.3. The van der Waals surface area contributed by atoms with Gasteiger partial charge in [0.2, 0.25) is 0 Å². The molecule has 0 amide bonds. The van der Waals surface area contributed by atoms with Crippen LogP contribution in [0.25, 0.3) is 0 Å². The monoisotopic (exact) mass is 284 g/mol.